The largest absolute Gasteiger partial charge is 0.479 e. The van der Waals surface area contributed by atoms with Gasteiger partial charge in [-0.3, -0.25) is 0 Å². The van der Waals surface area contributed by atoms with Crippen LogP contribution in [0.2, 0.25) is 0 Å². The van der Waals surface area contributed by atoms with E-state index in [-0.39, 0.29) is 11.3 Å². The zero-order chi connectivity index (χ0) is 12.3. The molecule has 1 aromatic rings. The zero-order valence-electron chi connectivity index (χ0n) is 8.93. The van der Waals surface area contributed by atoms with Gasteiger partial charge in [0.1, 0.15) is 11.3 Å². The van der Waals surface area contributed by atoms with Crippen molar-refractivity contribution in [1.29, 1.82) is 0 Å². The van der Waals surface area contributed by atoms with E-state index in [1.807, 2.05) is 0 Å². The SMILES string of the molecule is Cc1ccc(OC(C)C(=O)O)c(C(=O)O)c1. The summed E-state index contributed by atoms with van der Waals surface area (Å²) in [5, 5.41) is 17.6. The van der Waals surface area contributed by atoms with Gasteiger partial charge in [-0.15, -0.1) is 0 Å². The predicted molar refractivity (Wildman–Crippen MR) is 55.9 cm³/mol. The van der Waals surface area contributed by atoms with Gasteiger partial charge in [0.25, 0.3) is 0 Å². The van der Waals surface area contributed by atoms with Gasteiger partial charge >= 0.3 is 11.9 Å². The highest BCUT2D eigenvalue weighted by atomic mass is 16.5. The quantitative estimate of drug-likeness (QED) is 0.810. The first-order valence-electron chi connectivity index (χ1n) is 4.65. The van der Waals surface area contributed by atoms with Crippen LogP contribution in [-0.4, -0.2) is 28.3 Å². The first-order chi connectivity index (χ1) is 7.41. The summed E-state index contributed by atoms with van der Waals surface area (Å²) in [6, 6.07) is 4.56. The molecule has 0 saturated carbocycles. The van der Waals surface area contributed by atoms with Crippen LogP contribution in [0.25, 0.3) is 0 Å². The number of rotatable bonds is 4. The molecule has 1 rings (SSSR count). The molecule has 16 heavy (non-hydrogen) atoms. The van der Waals surface area contributed by atoms with Gasteiger partial charge in [0.05, 0.1) is 0 Å². The molecule has 0 aliphatic carbocycles. The summed E-state index contributed by atoms with van der Waals surface area (Å²) in [7, 11) is 0. The Labute approximate surface area is 92.3 Å². The van der Waals surface area contributed by atoms with Gasteiger partial charge in [-0.2, -0.15) is 0 Å². The number of hydrogen-bond donors (Lipinski definition) is 2. The molecule has 0 saturated heterocycles. The predicted octanol–water partition coefficient (Wildman–Crippen LogP) is 1.55. The summed E-state index contributed by atoms with van der Waals surface area (Å²) in [6.45, 7) is 3.09. The second-order valence-corrected chi connectivity index (χ2v) is 3.40. The van der Waals surface area contributed by atoms with E-state index >= 15 is 0 Å². The molecule has 1 atom stereocenters. The van der Waals surface area contributed by atoms with Gasteiger partial charge in [0.15, 0.2) is 6.10 Å². The molecule has 1 aromatic carbocycles. The average Bonchev–Trinajstić information content (AvgIpc) is 2.20. The Kier molecular flexibility index (Phi) is 3.50. The van der Waals surface area contributed by atoms with Gasteiger partial charge in [0, 0.05) is 0 Å². The zero-order valence-corrected chi connectivity index (χ0v) is 8.93. The first kappa shape index (κ1) is 12.0. The molecule has 1 unspecified atom stereocenters. The highest BCUT2D eigenvalue weighted by molar-refractivity contribution is 5.91. The van der Waals surface area contributed by atoms with Crippen molar-refractivity contribution in [2.75, 3.05) is 0 Å². The summed E-state index contributed by atoms with van der Waals surface area (Å²) in [5.41, 5.74) is 0.737. The Morgan fingerprint density at radius 2 is 1.94 bits per heavy atom. The third-order valence-electron chi connectivity index (χ3n) is 2.02. The third kappa shape index (κ3) is 2.73. The first-order valence-corrected chi connectivity index (χ1v) is 4.65. The minimum atomic E-state index is -1.14. The molecule has 0 aromatic heterocycles. The van der Waals surface area contributed by atoms with Crippen molar-refractivity contribution >= 4 is 11.9 Å². The van der Waals surface area contributed by atoms with Crippen LogP contribution in [0.3, 0.4) is 0 Å². The van der Waals surface area contributed by atoms with Crippen molar-refractivity contribution in [3.8, 4) is 5.75 Å². The van der Waals surface area contributed by atoms with Crippen LogP contribution in [-0.2, 0) is 4.79 Å². The molecule has 0 spiro atoms. The minimum Gasteiger partial charge on any atom is -0.479 e. The minimum absolute atomic E-state index is 0.0342. The smallest absolute Gasteiger partial charge is 0.344 e. The third-order valence-corrected chi connectivity index (χ3v) is 2.02. The number of hydrogen-bond acceptors (Lipinski definition) is 3. The Morgan fingerprint density at radius 1 is 1.31 bits per heavy atom. The number of aliphatic carboxylic acids is 1. The van der Waals surface area contributed by atoms with E-state index in [0.29, 0.717) is 0 Å². The fourth-order valence-electron chi connectivity index (χ4n) is 1.15. The van der Waals surface area contributed by atoms with Crippen molar-refractivity contribution in [2.45, 2.75) is 20.0 Å². The van der Waals surface area contributed by atoms with E-state index in [0.717, 1.165) is 5.56 Å². The number of carbonyl (C=O) groups is 2. The van der Waals surface area contributed by atoms with E-state index in [4.69, 9.17) is 14.9 Å². The molecule has 0 heterocycles. The number of aryl methyl sites for hydroxylation is 1. The second-order valence-electron chi connectivity index (χ2n) is 3.40. The lowest BCUT2D eigenvalue weighted by atomic mass is 10.1. The van der Waals surface area contributed by atoms with E-state index in [2.05, 4.69) is 0 Å². The number of carboxylic acids is 2. The molecular weight excluding hydrogens is 212 g/mol. The van der Waals surface area contributed by atoms with Gasteiger partial charge in [-0.1, -0.05) is 11.6 Å². The summed E-state index contributed by atoms with van der Waals surface area (Å²) >= 11 is 0. The normalized spacial score (nSPS) is 11.9. The van der Waals surface area contributed by atoms with Crippen LogP contribution in [0.15, 0.2) is 18.2 Å². The Morgan fingerprint density at radius 3 is 2.44 bits per heavy atom. The lowest BCUT2D eigenvalue weighted by Crippen LogP contribution is -2.23. The van der Waals surface area contributed by atoms with Crippen LogP contribution in [0, 0.1) is 6.92 Å². The highest BCUT2D eigenvalue weighted by Crippen LogP contribution is 2.21. The molecule has 0 fully saturated rings. The van der Waals surface area contributed by atoms with E-state index in [1.165, 1.54) is 19.1 Å². The molecule has 5 heteroatoms. The molecule has 0 aliphatic rings. The summed E-state index contributed by atoms with van der Waals surface area (Å²) in [6.07, 6.45) is -1.08. The summed E-state index contributed by atoms with van der Waals surface area (Å²) in [4.78, 5) is 21.5. The number of carboxylic acid groups (broad SMARTS) is 2. The van der Waals surface area contributed by atoms with E-state index < -0.39 is 18.0 Å². The fraction of sp³-hybridized carbons (Fsp3) is 0.273. The van der Waals surface area contributed by atoms with Crippen molar-refractivity contribution < 1.29 is 24.5 Å². The Bertz CT molecular complexity index is 424. The maximum atomic E-state index is 10.9. The molecule has 2 N–H and O–H groups in total. The number of ether oxygens (including phenoxy) is 1. The molecule has 0 amide bonds. The molecule has 5 nitrogen and oxygen atoms in total. The van der Waals surface area contributed by atoms with E-state index in [9.17, 15) is 9.59 Å². The van der Waals surface area contributed by atoms with Gasteiger partial charge < -0.3 is 14.9 Å². The van der Waals surface area contributed by atoms with E-state index in [1.54, 1.807) is 13.0 Å². The van der Waals surface area contributed by atoms with Crippen LogP contribution in [0.4, 0.5) is 0 Å². The second kappa shape index (κ2) is 4.65. The monoisotopic (exact) mass is 224 g/mol. The Hall–Kier alpha value is -2.04. The van der Waals surface area contributed by atoms with Crippen molar-refractivity contribution in [3.05, 3.63) is 29.3 Å². The summed E-state index contributed by atoms with van der Waals surface area (Å²) in [5.74, 6) is -2.22. The molecule has 86 valence electrons. The number of benzene rings is 1. The van der Waals surface area contributed by atoms with Crippen LogP contribution in [0.5, 0.6) is 5.75 Å². The topological polar surface area (TPSA) is 83.8 Å². The lowest BCUT2D eigenvalue weighted by molar-refractivity contribution is -0.144. The summed E-state index contributed by atoms with van der Waals surface area (Å²) < 4.78 is 5.04. The maximum Gasteiger partial charge on any atom is 0.344 e. The molecule has 0 radical (unpaired) electrons. The van der Waals surface area contributed by atoms with Crippen molar-refractivity contribution in [1.82, 2.24) is 0 Å². The molecule has 0 aliphatic heterocycles. The van der Waals surface area contributed by atoms with Crippen LogP contribution in [0.1, 0.15) is 22.8 Å². The number of aromatic carboxylic acids is 1. The Balaban J connectivity index is 3.04. The van der Waals surface area contributed by atoms with Gasteiger partial charge in [0.2, 0.25) is 0 Å². The van der Waals surface area contributed by atoms with Crippen molar-refractivity contribution in [2.24, 2.45) is 0 Å². The van der Waals surface area contributed by atoms with Crippen molar-refractivity contribution in [3.63, 3.8) is 0 Å². The molecular formula is C11H12O5. The van der Waals surface area contributed by atoms with Crippen LogP contribution >= 0.6 is 0 Å². The standard InChI is InChI=1S/C11H12O5/c1-6-3-4-9(8(5-6)11(14)15)16-7(2)10(12)13/h3-5,7H,1-2H3,(H,12,13)(H,14,15). The highest BCUT2D eigenvalue weighted by Gasteiger charge is 2.17. The average molecular weight is 224 g/mol. The lowest BCUT2D eigenvalue weighted by Gasteiger charge is -2.12. The maximum absolute atomic E-state index is 10.9. The fourth-order valence-corrected chi connectivity index (χ4v) is 1.15. The van der Waals surface area contributed by atoms with Crippen LogP contribution < -0.4 is 4.74 Å². The molecule has 0 bridgehead atoms. The van der Waals surface area contributed by atoms with Gasteiger partial charge in [-0.25, -0.2) is 9.59 Å². The van der Waals surface area contributed by atoms with Gasteiger partial charge in [-0.05, 0) is 26.0 Å².